The van der Waals surface area contributed by atoms with Crippen molar-refractivity contribution in [3.8, 4) is 11.8 Å². The first-order valence-corrected chi connectivity index (χ1v) is 5.78. The summed E-state index contributed by atoms with van der Waals surface area (Å²) < 4.78 is 0. The van der Waals surface area contributed by atoms with Gasteiger partial charge in [-0.2, -0.15) is 0 Å². The Morgan fingerprint density at radius 1 is 1.24 bits per heavy atom. The smallest absolute Gasteiger partial charge is 0.221 e. The minimum absolute atomic E-state index is 0.0247. The number of nitrogens with one attached hydrogen (secondary N) is 1. The Morgan fingerprint density at radius 2 is 1.88 bits per heavy atom. The van der Waals surface area contributed by atoms with Crippen LogP contribution in [0.5, 0.6) is 0 Å². The van der Waals surface area contributed by atoms with E-state index in [4.69, 9.17) is 0 Å². The lowest BCUT2D eigenvalue weighted by Gasteiger charge is -2.16. The molecule has 17 heavy (non-hydrogen) atoms. The van der Waals surface area contributed by atoms with Gasteiger partial charge in [0.05, 0.1) is 6.54 Å². The van der Waals surface area contributed by atoms with Gasteiger partial charge in [0, 0.05) is 12.0 Å². The monoisotopic (exact) mass is 229 g/mol. The Bertz CT molecular complexity index is 418. The lowest BCUT2D eigenvalue weighted by Crippen LogP contribution is -2.27. The van der Waals surface area contributed by atoms with E-state index in [-0.39, 0.29) is 11.3 Å². The van der Waals surface area contributed by atoms with Crippen LogP contribution in [-0.2, 0) is 4.79 Å². The first-order chi connectivity index (χ1) is 7.97. The van der Waals surface area contributed by atoms with E-state index < -0.39 is 0 Å². The number of rotatable bonds is 2. The molecule has 0 atom stereocenters. The van der Waals surface area contributed by atoms with Crippen LogP contribution in [0.25, 0.3) is 0 Å². The Balaban J connectivity index is 2.34. The number of hydrogen-bond donors (Lipinski definition) is 1. The number of hydrogen-bond acceptors (Lipinski definition) is 1. The zero-order valence-corrected chi connectivity index (χ0v) is 10.7. The third kappa shape index (κ3) is 6.42. The Labute approximate surface area is 103 Å². The quantitative estimate of drug-likeness (QED) is 0.776. The topological polar surface area (TPSA) is 29.1 Å². The van der Waals surface area contributed by atoms with E-state index in [0.717, 1.165) is 5.56 Å². The summed E-state index contributed by atoms with van der Waals surface area (Å²) in [5.74, 6) is 5.99. The fraction of sp³-hybridized carbons (Fsp3) is 0.400. The highest BCUT2D eigenvalue weighted by molar-refractivity contribution is 5.76. The van der Waals surface area contributed by atoms with Crippen LogP contribution >= 0.6 is 0 Å². The van der Waals surface area contributed by atoms with Gasteiger partial charge < -0.3 is 5.32 Å². The average molecular weight is 229 g/mol. The second-order valence-corrected chi connectivity index (χ2v) is 5.18. The van der Waals surface area contributed by atoms with E-state index in [2.05, 4.69) is 17.2 Å². The van der Waals surface area contributed by atoms with Gasteiger partial charge >= 0.3 is 0 Å². The van der Waals surface area contributed by atoms with Crippen molar-refractivity contribution in [2.24, 2.45) is 5.41 Å². The Hall–Kier alpha value is -1.75. The van der Waals surface area contributed by atoms with Gasteiger partial charge in [-0.25, -0.2) is 0 Å². The minimum atomic E-state index is 0.0247. The molecule has 1 N–H and O–H groups in total. The number of benzene rings is 1. The van der Waals surface area contributed by atoms with Crippen molar-refractivity contribution < 1.29 is 4.79 Å². The standard InChI is InChI=1S/C15H19NO/c1-15(2,3)12-14(17)16-11-7-10-13-8-5-4-6-9-13/h4-6,8-9H,11-12H2,1-3H3,(H,16,17). The fourth-order valence-electron chi connectivity index (χ4n) is 1.35. The molecule has 2 heteroatoms. The van der Waals surface area contributed by atoms with E-state index in [1.165, 1.54) is 0 Å². The van der Waals surface area contributed by atoms with Crippen molar-refractivity contribution in [3.63, 3.8) is 0 Å². The molecule has 0 aromatic heterocycles. The molecule has 0 aliphatic carbocycles. The summed E-state index contributed by atoms with van der Waals surface area (Å²) in [7, 11) is 0. The molecule has 2 nitrogen and oxygen atoms in total. The zero-order valence-electron chi connectivity index (χ0n) is 10.7. The molecule has 0 bridgehead atoms. The molecule has 0 heterocycles. The van der Waals surface area contributed by atoms with Gasteiger partial charge in [-0.1, -0.05) is 50.8 Å². The van der Waals surface area contributed by atoms with E-state index in [1.807, 2.05) is 51.1 Å². The van der Waals surface area contributed by atoms with Crippen molar-refractivity contribution in [1.29, 1.82) is 0 Å². The predicted octanol–water partition coefficient (Wildman–Crippen LogP) is 2.59. The molecular formula is C15H19NO. The van der Waals surface area contributed by atoms with Gasteiger partial charge in [0.1, 0.15) is 0 Å². The van der Waals surface area contributed by atoms with Crippen LogP contribution in [0.15, 0.2) is 30.3 Å². The van der Waals surface area contributed by atoms with E-state index in [1.54, 1.807) is 0 Å². The van der Waals surface area contributed by atoms with Crippen LogP contribution in [-0.4, -0.2) is 12.5 Å². The lowest BCUT2D eigenvalue weighted by atomic mass is 9.92. The molecule has 0 saturated heterocycles. The highest BCUT2D eigenvalue weighted by Gasteiger charge is 2.14. The van der Waals surface area contributed by atoms with Gasteiger partial charge in [-0.3, -0.25) is 4.79 Å². The summed E-state index contributed by atoms with van der Waals surface area (Å²) in [5, 5.41) is 2.80. The molecule has 0 saturated carbocycles. The molecule has 90 valence electrons. The van der Waals surface area contributed by atoms with E-state index in [9.17, 15) is 4.79 Å². The van der Waals surface area contributed by atoms with Gasteiger partial charge in [0.25, 0.3) is 0 Å². The summed E-state index contributed by atoms with van der Waals surface area (Å²) in [5.41, 5.74) is 0.995. The minimum Gasteiger partial charge on any atom is -0.345 e. The van der Waals surface area contributed by atoms with E-state index >= 15 is 0 Å². The van der Waals surface area contributed by atoms with Gasteiger partial charge in [0.15, 0.2) is 0 Å². The van der Waals surface area contributed by atoms with Gasteiger partial charge in [-0.05, 0) is 17.5 Å². The molecule has 0 radical (unpaired) electrons. The lowest BCUT2D eigenvalue weighted by molar-refractivity contribution is -0.122. The second-order valence-electron chi connectivity index (χ2n) is 5.18. The van der Waals surface area contributed by atoms with Crippen LogP contribution in [0.3, 0.4) is 0 Å². The van der Waals surface area contributed by atoms with Crippen molar-refractivity contribution in [2.75, 3.05) is 6.54 Å². The second kappa shape index (κ2) is 6.10. The predicted molar refractivity (Wildman–Crippen MR) is 70.4 cm³/mol. The molecule has 0 unspecified atom stereocenters. The van der Waals surface area contributed by atoms with Crippen molar-refractivity contribution in [3.05, 3.63) is 35.9 Å². The summed E-state index contributed by atoms with van der Waals surface area (Å²) >= 11 is 0. The van der Waals surface area contributed by atoms with Crippen molar-refractivity contribution in [2.45, 2.75) is 27.2 Å². The summed E-state index contributed by atoms with van der Waals surface area (Å²) in [6.45, 7) is 6.54. The SMILES string of the molecule is CC(C)(C)CC(=O)NCC#Cc1ccccc1. The highest BCUT2D eigenvalue weighted by atomic mass is 16.1. The summed E-state index contributed by atoms with van der Waals surface area (Å²) in [6, 6.07) is 9.74. The first-order valence-electron chi connectivity index (χ1n) is 5.78. The molecule has 0 aliphatic heterocycles. The number of carbonyl (C=O) groups is 1. The Kier molecular flexibility index (Phi) is 4.78. The third-order valence-corrected chi connectivity index (χ3v) is 2.07. The van der Waals surface area contributed by atoms with Gasteiger partial charge in [0.2, 0.25) is 5.91 Å². The largest absolute Gasteiger partial charge is 0.345 e. The molecule has 1 rings (SSSR count). The molecule has 1 amide bonds. The van der Waals surface area contributed by atoms with Crippen LogP contribution in [0.2, 0.25) is 0 Å². The number of amides is 1. The number of carbonyl (C=O) groups excluding carboxylic acids is 1. The molecule has 1 aromatic rings. The normalized spacial score (nSPS) is 10.3. The maximum Gasteiger partial charge on any atom is 0.221 e. The zero-order chi connectivity index (χ0) is 12.7. The summed E-state index contributed by atoms with van der Waals surface area (Å²) in [4.78, 5) is 11.5. The molecule has 0 spiro atoms. The van der Waals surface area contributed by atoms with Crippen LogP contribution in [0.1, 0.15) is 32.8 Å². The molecule has 0 aliphatic rings. The van der Waals surface area contributed by atoms with Crippen molar-refractivity contribution in [1.82, 2.24) is 5.32 Å². The van der Waals surface area contributed by atoms with Crippen LogP contribution < -0.4 is 5.32 Å². The van der Waals surface area contributed by atoms with Crippen LogP contribution in [0.4, 0.5) is 0 Å². The maximum absolute atomic E-state index is 11.5. The first kappa shape index (κ1) is 13.3. The Morgan fingerprint density at radius 3 is 2.47 bits per heavy atom. The van der Waals surface area contributed by atoms with E-state index in [0.29, 0.717) is 13.0 Å². The molecule has 1 aromatic carbocycles. The van der Waals surface area contributed by atoms with Crippen LogP contribution in [0, 0.1) is 17.3 Å². The maximum atomic E-state index is 11.5. The summed E-state index contributed by atoms with van der Waals surface area (Å²) in [6.07, 6.45) is 0.528. The molecular weight excluding hydrogens is 210 g/mol. The molecule has 0 fully saturated rings. The third-order valence-electron chi connectivity index (χ3n) is 2.07. The van der Waals surface area contributed by atoms with Crippen molar-refractivity contribution >= 4 is 5.91 Å². The van der Waals surface area contributed by atoms with Gasteiger partial charge in [-0.15, -0.1) is 0 Å². The highest BCUT2D eigenvalue weighted by Crippen LogP contribution is 2.17. The fourth-order valence-corrected chi connectivity index (χ4v) is 1.35. The average Bonchev–Trinajstić information content (AvgIpc) is 2.23.